The van der Waals surface area contributed by atoms with Gasteiger partial charge < -0.3 is 10.6 Å². The summed E-state index contributed by atoms with van der Waals surface area (Å²) in [5.41, 5.74) is -0.274. The summed E-state index contributed by atoms with van der Waals surface area (Å²) in [6.45, 7) is 3.52. The Bertz CT molecular complexity index is 473. The highest BCUT2D eigenvalue weighted by atomic mass is 35.5. The van der Waals surface area contributed by atoms with Gasteiger partial charge in [0.15, 0.2) is 5.82 Å². The molecule has 0 aromatic heterocycles. The average Bonchev–Trinajstić information content (AvgIpc) is 2.85. The molecule has 1 aromatic carbocycles. The number of anilines is 1. The zero-order chi connectivity index (χ0) is 13.9. The Morgan fingerprint density at radius 2 is 2.37 bits per heavy atom. The van der Waals surface area contributed by atoms with Crippen molar-refractivity contribution >= 4 is 23.2 Å². The van der Waals surface area contributed by atoms with Crippen LogP contribution in [0, 0.1) is 11.2 Å². The predicted octanol–water partition coefficient (Wildman–Crippen LogP) is 3.20. The smallest absolute Gasteiger partial charge is 0.232 e. The fourth-order valence-electron chi connectivity index (χ4n) is 2.60. The van der Waals surface area contributed by atoms with Crippen LogP contribution < -0.4 is 10.6 Å². The molecular formula is C14H18ClFN2O. The SMILES string of the molecule is CCCC1(C(=O)Nc2cccc(Cl)c2F)CCNC1. The minimum Gasteiger partial charge on any atom is -0.323 e. The van der Waals surface area contributed by atoms with Gasteiger partial charge in [-0.3, -0.25) is 4.79 Å². The first kappa shape index (κ1) is 14.3. The highest BCUT2D eigenvalue weighted by molar-refractivity contribution is 6.31. The Kier molecular flexibility index (Phi) is 4.42. The maximum atomic E-state index is 13.8. The Morgan fingerprint density at radius 1 is 1.58 bits per heavy atom. The monoisotopic (exact) mass is 284 g/mol. The van der Waals surface area contributed by atoms with Crippen LogP contribution in [0.25, 0.3) is 0 Å². The van der Waals surface area contributed by atoms with Crippen LogP contribution in [0.5, 0.6) is 0 Å². The van der Waals surface area contributed by atoms with Crippen LogP contribution in [0.15, 0.2) is 18.2 Å². The van der Waals surface area contributed by atoms with E-state index in [9.17, 15) is 9.18 Å². The van der Waals surface area contributed by atoms with Crippen LogP contribution in [0.2, 0.25) is 5.02 Å². The van der Waals surface area contributed by atoms with E-state index in [1.54, 1.807) is 6.07 Å². The molecule has 1 aliphatic heterocycles. The van der Waals surface area contributed by atoms with Crippen molar-refractivity contribution in [2.24, 2.45) is 5.41 Å². The molecule has 1 amide bonds. The average molecular weight is 285 g/mol. The van der Waals surface area contributed by atoms with Gasteiger partial charge in [-0.25, -0.2) is 4.39 Å². The first-order valence-electron chi connectivity index (χ1n) is 6.55. The second kappa shape index (κ2) is 5.88. The van der Waals surface area contributed by atoms with Gasteiger partial charge in [0.1, 0.15) is 0 Å². The van der Waals surface area contributed by atoms with Crippen molar-refractivity contribution in [2.45, 2.75) is 26.2 Å². The second-order valence-corrected chi connectivity index (χ2v) is 5.42. The highest BCUT2D eigenvalue weighted by Crippen LogP contribution is 2.33. The molecule has 1 aliphatic rings. The molecule has 19 heavy (non-hydrogen) atoms. The summed E-state index contributed by atoms with van der Waals surface area (Å²) in [7, 11) is 0. The van der Waals surface area contributed by atoms with Gasteiger partial charge in [0, 0.05) is 6.54 Å². The Labute approximate surface area is 117 Å². The molecule has 0 bridgehead atoms. The maximum Gasteiger partial charge on any atom is 0.232 e. The summed E-state index contributed by atoms with van der Waals surface area (Å²) < 4.78 is 13.8. The van der Waals surface area contributed by atoms with Crippen LogP contribution in [-0.2, 0) is 4.79 Å². The molecule has 5 heteroatoms. The molecule has 0 aliphatic carbocycles. The molecule has 1 saturated heterocycles. The number of carbonyl (C=O) groups excluding carboxylic acids is 1. The Morgan fingerprint density at radius 3 is 3.00 bits per heavy atom. The van der Waals surface area contributed by atoms with Crippen molar-refractivity contribution < 1.29 is 9.18 Å². The molecule has 1 fully saturated rings. The van der Waals surface area contributed by atoms with Gasteiger partial charge in [0.25, 0.3) is 0 Å². The number of carbonyl (C=O) groups is 1. The van der Waals surface area contributed by atoms with Gasteiger partial charge in [-0.15, -0.1) is 0 Å². The van der Waals surface area contributed by atoms with Crippen LogP contribution in [0.4, 0.5) is 10.1 Å². The molecule has 0 spiro atoms. The molecule has 2 rings (SSSR count). The number of amides is 1. The van der Waals surface area contributed by atoms with Crippen molar-refractivity contribution in [3.05, 3.63) is 29.0 Å². The third-order valence-corrected chi connectivity index (χ3v) is 3.95. The highest BCUT2D eigenvalue weighted by Gasteiger charge is 2.40. The van der Waals surface area contributed by atoms with E-state index in [2.05, 4.69) is 10.6 Å². The zero-order valence-electron chi connectivity index (χ0n) is 10.9. The molecule has 104 valence electrons. The number of benzene rings is 1. The van der Waals surface area contributed by atoms with Crippen LogP contribution in [0.3, 0.4) is 0 Å². The van der Waals surface area contributed by atoms with Crippen LogP contribution >= 0.6 is 11.6 Å². The van der Waals surface area contributed by atoms with Gasteiger partial charge in [0.2, 0.25) is 5.91 Å². The lowest BCUT2D eigenvalue weighted by Crippen LogP contribution is -2.38. The number of hydrogen-bond acceptors (Lipinski definition) is 2. The zero-order valence-corrected chi connectivity index (χ0v) is 11.7. The summed E-state index contributed by atoms with van der Waals surface area (Å²) in [6.07, 6.45) is 2.51. The lowest BCUT2D eigenvalue weighted by Gasteiger charge is -2.26. The van der Waals surface area contributed by atoms with E-state index in [0.717, 1.165) is 25.8 Å². The van der Waals surface area contributed by atoms with Crippen LogP contribution in [-0.4, -0.2) is 19.0 Å². The molecule has 0 radical (unpaired) electrons. The standard InChI is InChI=1S/C14H18ClFN2O/c1-2-6-14(7-8-17-9-14)13(19)18-11-5-3-4-10(15)12(11)16/h3-5,17H,2,6-9H2,1H3,(H,18,19). The molecule has 1 atom stereocenters. The van der Waals surface area contributed by atoms with Crippen molar-refractivity contribution in [3.8, 4) is 0 Å². The minimum atomic E-state index is -0.574. The quantitative estimate of drug-likeness (QED) is 0.891. The lowest BCUT2D eigenvalue weighted by atomic mass is 9.81. The lowest BCUT2D eigenvalue weighted by molar-refractivity contribution is -0.125. The van der Waals surface area contributed by atoms with E-state index in [0.29, 0.717) is 6.54 Å². The van der Waals surface area contributed by atoms with Crippen molar-refractivity contribution in [1.82, 2.24) is 5.32 Å². The topological polar surface area (TPSA) is 41.1 Å². The van der Waals surface area contributed by atoms with Crippen LogP contribution in [0.1, 0.15) is 26.2 Å². The number of rotatable bonds is 4. The molecule has 1 unspecified atom stereocenters. The first-order chi connectivity index (χ1) is 9.09. The molecule has 1 heterocycles. The Hall–Kier alpha value is -1.13. The summed E-state index contributed by atoms with van der Waals surface area (Å²) in [5.74, 6) is -0.698. The molecule has 1 aromatic rings. The summed E-state index contributed by atoms with van der Waals surface area (Å²) in [6, 6.07) is 4.62. The number of nitrogens with one attached hydrogen (secondary N) is 2. The van der Waals surface area contributed by atoms with Crippen molar-refractivity contribution in [3.63, 3.8) is 0 Å². The summed E-state index contributed by atoms with van der Waals surface area (Å²) in [4.78, 5) is 12.4. The third kappa shape index (κ3) is 2.90. The fraction of sp³-hybridized carbons (Fsp3) is 0.500. The van der Waals surface area contributed by atoms with E-state index < -0.39 is 11.2 Å². The maximum absolute atomic E-state index is 13.8. The van der Waals surface area contributed by atoms with E-state index >= 15 is 0 Å². The normalized spacial score (nSPS) is 22.5. The van der Waals surface area contributed by atoms with E-state index in [4.69, 9.17) is 11.6 Å². The molecule has 2 N–H and O–H groups in total. The third-order valence-electron chi connectivity index (χ3n) is 3.65. The fourth-order valence-corrected chi connectivity index (χ4v) is 2.77. The number of halogens is 2. The van der Waals surface area contributed by atoms with Gasteiger partial charge in [0.05, 0.1) is 16.1 Å². The second-order valence-electron chi connectivity index (χ2n) is 5.01. The van der Waals surface area contributed by atoms with E-state index in [1.807, 2.05) is 6.92 Å². The first-order valence-corrected chi connectivity index (χ1v) is 6.93. The van der Waals surface area contributed by atoms with Gasteiger partial charge in [-0.2, -0.15) is 0 Å². The molecule has 3 nitrogen and oxygen atoms in total. The Balaban J connectivity index is 2.17. The van der Waals surface area contributed by atoms with Gasteiger partial charge >= 0.3 is 0 Å². The van der Waals surface area contributed by atoms with E-state index in [-0.39, 0.29) is 16.6 Å². The largest absolute Gasteiger partial charge is 0.323 e. The summed E-state index contributed by atoms with van der Waals surface area (Å²) >= 11 is 5.71. The minimum absolute atomic E-state index is 0.0203. The molecule has 0 saturated carbocycles. The molecular weight excluding hydrogens is 267 g/mol. The number of hydrogen-bond donors (Lipinski definition) is 2. The van der Waals surface area contributed by atoms with Gasteiger partial charge in [-0.05, 0) is 31.5 Å². The van der Waals surface area contributed by atoms with E-state index in [1.165, 1.54) is 12.1 Å². The van der Waals surface area contributed by atoms with Crippen molar-refractivity contribution in [2.75, 3.05) is 18.4 Å². The predicted molar refractivity (Wildman–Crippen MR) is 74.9 cm³/mol. The summed E-state index contributed by atoms with van der Waals surface area (Å²) in [5, 5.41) is 5.91. The van der Waals surface area contributed by atoms with Crippen molar-refractivity contribution in [1.29, 1.82) is 0 Å². The van der Waals surface area contributed by atoms with Gasteiger partial charge in [-0.1, -0.05) is 31.0 Å².